The van der Waals surface area contributed by atoms with Gasteiger partial charge in [-0.3, -0.25) is 14.5 Å². The van der Waals surface area contributed by atoms with E-state index in [1.54, 1.807) is 12.0 Å². The Balaban J connectivity index is 1.49. The van der Waals surface area contributed by atoms with Crippen molar-refractivity contribution in [1.82, 2.24) is 15.1 Å². The number of methoxy groups -OCH3 is 1. The Kier molecular flexibility index (Phi) is 5.20. The van der Waals surface area contributed by atoms with Crippen molar-refractivity contribution in [3.63, 3.8) is 0 Å². The Morgan fingerprint density at radius 1 is 1.21 bits per heavy atom. The minimum atomic E-state index is -0.0718. The second-order valence-electron chi connectivity index (χ2n) is 6.13. The van der Waals surface area contributed by atoms with Gasteiger partial charge in [0.25, 0.3) is 0 Å². The minimum absolute atomic E-state index is 0.0414. The summed E-state index contributed by atoms with van der Waals surface area (Å²) in [6, 6.07) is 8.04. The van der Waals surface area contributed by atoms with Gasteiger partial charge in [-0.25, -0.2) is 0 Å². The summed E-state index contributed by atoms with van der Waals surface area (Å²) in [4.78, 5) is 29.8. The minimum Gasteiger partial charge on any atom is -0.497 e. The van der Waals surface area contributed by atoms with E-state index in [9.17, 15) is 9.59 Å². The van der Waals surface area contributed by atoms with Crippen LogP contribution >= 0.6 is 0 Å². The van der Waals surface area contributed by atoms with Crippen molar-refractivity contribution < 1.29 is 14.3 Å². The Morgan fingerprint density at radius 3 is 2.71 bits per heavy atom. The van der Waals surface area contributed by atoms with Gasteiger partial charge in [-0.05, 0) is 12.1 Å². The van der Waals surface area contributed by atoms with Gasteiger partial charge >= 0.3 is 0 Å². The highest BCUT2D eigenvalue weighted by molar-refractivity contribution is 5.86. The molecule has 0 radical (unpaired) electrons. The maximum absolute atomic E-state index is 12.3. The van der Waals surface area contributed by atoms with Crippen LogP contribution in [0.1, 0.15) is 0 Å². The molecule has 1 aromatic carbocycles. The molecule has 24 heavy (non-hydrogen) atoms. The van der Waals surface area contributed by atoms with E-state index in [-0.39, 0.29) is 18.4 Å². The van der Waals surface area contributed by atoms with Gasteiger partial charge in [0.1, 0.15) is 5.75 Å². The van der Waals surface area contributed by atoms with Crippen molar-refractivity contribution >= 4 is 17.5 Å². The largest absolute Gasteiger partial charge is 0.497 e. The lowest BCUT2D eigenvalue weighted by Gasteiger charge is -2.37. The number of anilines is 1. The molecule has 0 aromatic heterocycles. The zero-order valence-electron chi connectivity index (χ0n) is 14.0. The van der Waals surface area contributed by atoms with Crippen LogP contribution in [0.2, 0.25) is 0 Å². The van der Waals surface area contributed by atoms with Gasteiger partial charge in [0.05, 0.1) is 20.2 Å². The van der Waals surface area contributed by atoms with E-state index in [0.717, 1.165) is 37.6 Å². The van der Waals surface area contributed by atoms with Gasteiger partial charge in [0.2, 0.25) is 11.8 Å². The van der Waals surface area contributed by atoms with E-state index in [4.69, 9.17) is 4.74 Å². The molecular weight excluding hydrogens is 308 g/mol. The quantitative estimate of drug-likeness (QED) is 0.826. The average molecular weight is 332 g/mol. The van der Waals surface area contributed by atoms with Crippen LogP contribution in [0.15, 0.2) is 24.3 Å². The number of amides is 2. The molecule has 0 spiro atoms. The first-order chi connectivity index (χ1) is 11.7. The van der Waals surface area contributed by atoms with E-state index in [1.165, 1.54) is 0 Å². The fraction of sp³-hybridized carbons (Fsp3) is 0.529. The fourth-order valence-electron chi connectivity index (χ4n) is 3.11. The second kappa shape index (κ2) is 7.53. The van der Waals surface area contributed by atoms with Crippen molar-refractivity contribution in [1.29, 1.82) is 0 Å². The highest BCUT2D eigenvalue weighted by Gasteiger charge is 2.25. The molecule has 2 amide bonds. The van der Waals surface area contributed by atoms with Crippen molar-refractivity contribution in [2.24, 2.45) is 0 Å². The molecule has 7 heteroatoms. The Bertz CT molecular complexity index is 599. The summed E-state index contributed by atoms with van der Waals surface area (Å²) in [5, 5.41) is 2.74. The molecule has 130 valence electrons. The Labute approximate surface area is 142 Å². The lowest BCUT2D eigenvalue weighted by atomic mass is 10.2. The predicted octanol–water partition coefficient (Wildman–Crippen LogP) is -0.224. The summed E-state index contributed by atoms with van der Waals surface area (Å²) in [5.41, 5.74) is 1.15. The molecule has 2 heterocycles. The molecule has 3 rings (SSSR count). The number of hydrogen-bond donors (Lipinski definition) is 1. The van der Waals surface area contributed by atoms with Crippen LogP contribution < -0.4 is 15.0 Å². The zero-order valence-corrected chi connectivity index (χ0v) is 14.0. The molecule has 2 fully saturated rings. The van der Waals surface area contributed by atoms with Gasteiger partial charge in [0.15, 0.2) is 0 Å². The molecule has 0 bridgehead atoms. The molecule has 0 saturated carbocycles. The molecular formula is C17H24N4O3. The fourth-order valence-corrected chi connectivity index (χ4v) is 3.11. The maximum atomic E-state index is 12.3. The maximum Gasteiger partial charge on any atom is 0.239 e. The van der Waals surface area contributed by atoms with Gasteiger partial charge in [-0.15, -0.1) is 0 Å². The summed E-state index contributed by atoms with van der Waals surface area (Å²) in [6.45, 7) is 5.15. The van der Waals surface area contributed by atoms with Crippen LogP contribution in [0, 0.1) is 0 Å². The molecule has 0 aliphatic carbocycles. The molecule has 2 aliphatic heterocycles. The monoisotopic (exact) mass is 332 g/mol. The van der Waals surface area contributed by atoms with E-state index >= 15 is 0 Å². The zero-order chi connectivity index (χ0) is 16.9. The third kappa shape index (κ3) is 3.97. The Hall–Kier alpha value is -2.28. The van der Waals surface area contributed by atoms with Crippen LogP contribution in [-0.4, -0.2) is 81.1 Å². The van der Waals surface area contributed by atoms with Crippen LogP contribution in [0.25, 0.3) is 0 Å². The summed E-state index contributed by atoms with van der Waals surface area (Å²) in [6.07, 6.45) is 0. The van der Waals surface area contributed by atoms with E-state index < -0.39 is 0 Å². The number of carbonyl (C=O) groups excluding carboxylic acids is 2. The number of nitrogens with zero attached hydrogens (tertiary/aromatic N) is 3. The Morgan fingerprint density at radius 2 is 2.00 bits per heavy atom. The number of hydrogen-bond acceptors (Lipinski definition) is 5. The van der Waals surface area contributed by atoms with Crippen LogP contribution in [-0.2, 0) is 9.59 Å². The molecule has 7 nitrogen and oxygen atoms in total. The smallest absolute Gasteiger partial charge is 0.239 e. The number of benzene rings is 1. The van der Waals surface area contributed by atoms with Crippen LogP contribution in [0.4, 0.5) is 5.69 Å². The lowest BCUT2D eigenvalue weighted by molar-refractivity contribution is -0.139. The van der Waals surface area contributed by atoms with Gasteiger partial charge in [-0.2, -0.15) is 0 Å². The normalized spacial score (nSPS) is 19.1. The number of ether oxygens (including phenoxy) is 1. The summed E-state index contributed by atoms with van der Waals surface area (Å²) in [5.74, 6) is 0.825. The molecule has 2 aliphatic rings. The SMILES string of the molecule is COc1cccc(N2CCN(CC(=O)N3CCNC(=O)C3)CC2)c1. The van der Waals surface area contributed by atoms with E-state index in [2.05, 4.69) is 21.2 Å². The van der Waals surface area contributed by atoms with Crippen LogP contribution in [0.3, 0.4) is 0 Å². The van der Waals surface area contributed by atoms with Crippen molar-refractivity contribution in [2.45, 2.75) is 0 Å². The molecule has 1 N–H and O–H groups in total. The number of carbonyl (C=O) groups is 2. The van der Waals surface area contributed by atoms with Gasteiger partial charge in [0, 0.05) is 51.0 Å². The average Bonchev–Trinajstić information content (AvgIpc) is 2.62. The third-order valence-corrected chi connectivity index (χ3v) is 4.54. The summed E-state index contributed by atoms with van der Waals surface area (Å²) < 4.78 is 5.28. The van der Waals surface area contributed by atoms with Crippen molar-refractivity contribution in [3.8, 4) is 5.75 Å². The summed E-state index contributed by atoms with van der Waals surface area (Å²) >= 11 is 0. The first-order valence-electron chi connectivity index (χ1n) is 8.31. The first kappa shape index (κ1) is 16.6. The highest BCUT2D eigenvalue weighted by Crippen LogP contribution is 2.22. The molecule has 2 saturated heterocycles. The molecule has 1 aromatic rings. The van der Waals surface area contributed by atoms with Crippen molar-refractivity contribution in [3.05, 3.63) is 24.3 Å². The second-order valence-corrected chi connectivity index (χ2v) is 6.13. The van der Waals surface area contributed by atoms with Crippen molar-refractivity contribution in [2.75, 3.05) is 64.4 Å². The van der Waals surface area contributed by atoms with E-state index in [1.807, 2.05) is 18.2 Å². The topological polar surface area (TPSA) is 65.1 Å². The highest BCUT2D eigenvalue weighted by atomic mass is 16.5. The van der Waals surface area contributed by atoms with Gasteiger partial charge in [-0.1, -0.05) is 6.07 Å². The summed E-state index contributed by atoms with van der Waals surface area (Å²) in [7, 11) is 1.67. The number of nitrogens with one attached hydrogen (secondary N) is 1. The third-order valence-electron chi connectivity index (χ3n) is 4.54. The van der Waals surface area contributed by atoms with Gasteiger partial charge < -0.3 is 19.9 Å². The first-order valence-corrected chi connectivity index (χ1v) is 8.31. The van der Waals surface area contributed by atoms with E-state index in [0.29, 0.717) is 19.6 Å². The number of piperazine rings is 2. The molecule has 0 unspecified atom stereocenters. The molecule has 0 atom stereocenters. The number of rotatable bonds is 4. The van der Waals surface area contributed by atoms with Crippen LogP contribution in [0.5, 0.6) is 5.75 Å². The lowest BCUT2D eigenvalue weighted by Crippen LogP contribution is -2.54. The standard InChI is InChI=1S/C17H24N4O3/c1-24-15-4-2-3-14(11-15)20-9-7-19(8-10-20)13-17(23)21-6-5-18-16(22)12-21/h2-4,11H,5-10,12-13H2,1H3,(H,18,22). The predicted molar refractivity (Wildman–Crippen MR) is 91.2 cm³/mol.